The molecule has 0 spiro atoms. The first-order valence-corrected chi connectivity index (χ1v) is 8.97. The Kier molecular flexibility index (Phi) is 7.11. The Morgan fingerprint density at radius 2 is 2.12 bits per heavy atom. The van der Waals surface area contributed by atoms with Crippen LogP contribution in [0.15, 0.2) is 24.3 Å². The predicted molar refractivity (Wildman–Crippen MR) is 98.1 cm³/mol. The minimum Gasteiger partial charge on any atom is -0.493 e. The molecule has 1 atom stereocenters. The molecule has 140 valence electrons. The minimum absolute atomic E-state index is 0.188. The maximum atomic E-state index is 12.5. The van der Waals surface area contributed by atoms with Gasteiger partial charge in [-0.25, -0.2) is 9.78 Å². The van der Waals surface area contributed by atoms with Crippen molar-refractivity contribution in [3.8, 4) is 5.75 Å². The molecule has 0 saturated heterocycles. The van der Waals surface area contributed by atoms with E-state index in [0.29, 0.717) is 35.2 Å². The van der Waals surface area contributed by atoms with E-state index in [-0.39, 0.29) is 10.8 Å². The summed E-state index contributed by atoms with van der Waals surface area (Å²) in [7, 11) is 1.63. The molecular formula is C18H22N2O5S. The van der Waals surface area contributed by atoms with Crippen molar-refractivity contribution in [2.75, 3.05) is 20.3 Å². The lowest BCUT2D eigenvalue weighted by Gasteiger charge is -2.12. The Balaban J connectivity index is 2.00. The number of carbonyl (C=O) groups excluding carboxylic acids is 1. The number of methoxy groups -OCH3 is 1. The third-order valence-corrected chi connectivity index (χ3v) is 4.91. The van der Waals surface area contributed by atoms with Gasteiger partial charge in [0.15, 0.2) is 0 Å². The standard InChI is InChI=1S/C18H22N2O5S/c1-11-15(18(22)23)26-17(20-11)12(2)19-16(21)13-6-4-7-14(10-13)25-9-5-8-24-3/h4,6-7,10,12H,5,8-9H2,1-3H3,(H,19,21)(H,22,23). The van der Waals surface area contributed by atoms with E-state index < -0.39 is 12.0 Å². The van der Waals surface area contributed by atoms with Crippen molar-refractivity contribution in [3.63, 3.8) is 0 Å². The van der Waals surface area contributed by atoms with E-state index in [1.54, 1.807) is 45.2 Å². The highest BCUT2D eigenvalue weighted by atomic mass is 32.1. The summed E-state index contributed by atoms with van der Waals surface area (Å²) < 4.78 is 10.6. The zero-order valence-electron chi connectivity index (χ0n) is 14.9. The van der Waals surface area contributed by atoms with Crippen LogP contribution in [0.1, 0.15) is 50.1 Å². The Hall–Kier alpha value is -2.45. The number of nitrogens with zero attached hydrogens (tertiary/aromatic N) is 1. The average Bonchev–Trinajstić information content (AvgIpc) is 3.01. The summed E-state index contributed by atoms with van der Waals surface area (Å²) in [5, 5.41) is 12.5. The lowest BCUT2D eigenvalue weighted by molar-refractivity contribution is 0.0701. The van der Waals surface area contributed by atoms with Crippen LogP contribution < -0.4 is 10.1 Å². The molecule has 1 aromatic carbocycles. The number of nitrogens with one attached hydrogen (secondary N) is 1. The van der Waals surface area contributed by atoms with Crippen molar-refractivity contribution in [1.29, 1.82) is 0 Å². The van der Waals surface area contributed by atoms with Gasteiger partial charge in [-0.2, -0.15) is 0 Å². The summed E-state index contributed by atoms with van der Waals surface area (Å²) in [6.45, 7) is 4.53. The Morgan fingerprint density at radius 1 is 1.35 bits per heavy atom. The zero-order valence-corrected chi connectivity index (χ0v) is 15.8. The summed E-state index contributed by atoms with van der Waals surface area (Å²) >= 11 is 1.07. The maximum Gasteiger partial charge on any atom is 0.347 e. The second-order valence-electron chi connectivity index (χ2n) is 5.69. The molecule has 2 N–H and O–H groups in total. The number of thiazole rings is 1. The molecule has 0 fully saturated rings. The molecule has 8 heteroatoms. The number of rotatable bonds is 9. The summed E-state index contributed by atoms with van der Waals surface area (Å²) in [5.74, 6) is -0.674. The maximum absolute atomic E-state index is 12.5. The smallest absolute Gasteiger partial charge is 0.347 e. The van der Waals surface area contributed by atoms with Gasteiger partial charge >= 0.3 is 5.97 Å². The molecule has 7 nitrogen and oxygen atoms in total. The fraction of sp³-hybridized carbons (Fsp3) is 0.389. The first-order chi connectivity index (χ1) is 12.4. The first kappa shape index (κ1) is 19.9. The van der Waals surface area contributed by atoms with E-state index in [9.17, 15) is 9.59 Å². The van der Waals surface area contributed by atoms with E-state index in [0.717, 1.165) is 17.8 Å². The van der Waals surface area contributed by atoms with Crippen LogP contribution in [-0.2, 0) is 4.74 Å². The molecule has 2 aromatic rings. The van der Waals surface area contributed by atoms with E-state index in [1.165, 1.54) is 0 Å². The van der Waals surface area contributed by atoms with E-state index >= 15 is 0 Å². The number of hydrogen-bond donors (Lipinski definition) is 2. The number of amides is 1. The van der Waals surface area contributed by atoms with Crippen molar-refractivity contribution in [3.05, 3.63) is 45.4 Å². The second-order valence-corrected chi connectivity index (χ2v) is 6.72. The van der Waals surface area contributed by atoms with Gasteiger partial charge in [0.1, 0.15) is 15.6 Å². The zero-order chi connectivity index (χ0) is 19.1. The van der Waals surface area contributed by atoms with Gasteiger partial charge < -0.3 is 19.9 Å². The van der Waals surface area contributed by atoms with Crippen LogP contribution in [0.3, 0.4) is 0 Å². The highest BCUT2D eigenvalue weighted by Crippen LogP contribution is 2.24. The third-order valence-electron chi connectivity index (χ3n) is 3.58. The lowest BCUT2D eigenvalue weighted by atomic mass is 10.2. The minimum atomic E-state index is -1.01. The molecule has 1 unspecified atom stereocenters. The Labute approximate surface area is 156 Å². The Bertz CT molecular complexity index is 775. The number of hydrogen-bond acceptors (Lipinski definition) is 6. The second kappa shape index (κ2) is 9.30. The molecule has 26 heavy (non-hydrogen) atoms. The average molecular weight is 378 g/mol. The fourth-order valence-electron chi connectivity index (χ4n) is 2.26. The number of aromatic nitrogens is 1. The topological polar surface area (TPSA) is 97.8 Å². The molecule has 1 heterocycles. The number of benzene rings is 1. The summed E-state index contributed by atoms with van der Waals surface area (Å²) in [5.41, 5.74) is 0.915. The molecule has 2 rings (SSSR count). The highest BCUT2D eigenvalue weighted by molar-refractivity contribution is 7.13. The third kappa shape index (κ3) is 5.27. The molecule has 1 aromatic heterocycles. The first-order valence-electron chi connectivity index (χ1n) is 8.15. The van der Waals surface area contributed by atoms with Crippen LogP contribution in [0.25, 0.3) is 0 Å². The molecule has 0 saturated carbocycles. The van der Waals surface area contributed by atoms with Crippen LogP contribution in [0.2, 0.25) is 0 Å². The normalized spacial score (nSPS) is 11.8. The van der Waals surface area contributed by atoms with Crippen molar-refractivity contribution < 1.29 is 24.2 Å². The summed E-state index contributed by atoms with van der Waals surface area (Å²) in [6, 6.07) is 6.51. The van der Waals surface area contributed by atoms with Crippen molar-refractivity contribution in [1.82, 2.24) is 10.3 Å². The molecule has 1 amide bonds. The molecule has 0 bridgehead atoms. The van der Waals surface area contributed by atoms with Gasteiger partial charge in [0.25, 0.3) is 5.91 Å². The fourth-order valence-corrected chi connectivity index (χ4v) is 3.17. The van der Waals surface area contributed by atoms with Crippen LogP contribution >= 0.6 is 11.3 Å². The summed E-state index contributed by atoms with van der Waals surface area (Å²) in [6.07, 6.45) is 0.763. The Morgan fingerprint density at radius 3 is 2.77 bits per heavy atom. The predicted octanol–water partition coefficient (Wildman–Crippen LogP) is 3.06. The molecule has 0 aliphatic carbocycles. The number of aryl methyl sites for hydroxylation is 1. The summed E-state index contributed by atoms with van der Waals surface area (Å²) in [4.78, 5) is 28.0. The number of carbonyl (C=O) groups is 2. The van der Waals surface area contributed by atoms with Crippen LogP contribution in [-0.4, -0.2) is 42.3 Å². The highest BCUT2D eigenvalue weighted by Gasteiger charge is 2.19. The van der Waals surface area contributed by atoms with E-state index in [4.69, 9.17) is 14.6 Å². The lowest BCUT2D eigenvalue weighted by Crippen LogP contribution is -2.26. The number of carboxylic acids is 1. The van der Waals surface area contributed by atoms with Crippen LogP contribution in [0, 0.1) is 6.92 Å². The van der Waals surface area contributed by atoms with Crippen molar-refractivity contribution in [2.24, 2.45) is 0 Å². The van der Waals surface area contributed by atoms with Gasteiger partial charge in [-0.05, 0) is 32.0 Å². The van der Waals surface area contributed by atoms with Gasteiger partial charge in [0, 0.05) is 25.7 Å². The van der Waals surface area contributed by atoms with Gasteiger partial charge in [0.2, 0.25) is 0 Å². The van der Waals surface area contributed by atoms with Gasteiger partial charge in [-0.15, -0.1) is 11.3 Å². The molecule has 0 radical (unpaired) electrons. The molecule has 0 aliphatic heterocycles. The van der Waals surface area contributed by atoms with E-state index in [2.05, 4.69) is 10.3 Å². The van der Waals surface area contributed by atoms with E-state index in [1.807, 2.05) is 0 Å². The van der Waals surface area contributed by atoms with Crippen LogP contribution in [0.4, 0.5) is 0 Å². The van der Waals surface area contributed by atoms with Gasteiger partial charge in [0.05, 0.1) is 18.3 Å². The molecular weight excluding hydrogens is 356 g/mol. The largest absolute Gasteiger partial charge is 0.493 e. The van der Waals surface area contributed by atoms with Gasteiger partial charge in [-0.1, -0.05) is 6.07 Å². The SMILES string of the molecule is COCCCOc1cccc(C(=O)NC(C)c2nc(C)c(C(=O)O)s2)c1. The quantitative estimate of drug-likeness (QED) is 0.651. The van der Waals surface area contributed by atoms with Gasteiger partial charge in [-0.3, -0.25) is 4.79 Å². The number of aromatic carboxylic acids is 1. The van der Waals surface area contributed by atoms with Crippen molar-refractivity contribution in [2.45, 2.75) is 26.3 Å². The number of carboxylic acid groups (broad SMARTS) is 1. The van der Waals surface area contributed by atoms with Crippen molar-refractivity contribution >= 4 is 23.2 Å². The van der Waals surface area contributed by atoms with Crippen LogP contribution in [0.5, 0.6) is 5.75 Å². The molecule has 0 aliphatic rings. The number of ether oxygens (including phenoxy) is 2. The monoisotopic (exact) mass is 378 g/mol.